The summed E-state index contributed by atoms with van der Waals surface area (Å²) >= 11 is 1.44. The van der Waals surface area contributed by atoms with E-state index in [9.17, 15) is 4.79 Å². The SMILES string of the molecule is CC(C)CCNC(=O)[C@@H]1CCCN(c2nc(Cc3ccccc3)ns2)C1. The van der Waals surface area contributed by atoms with Gasteiger partial charge in [-0.1, -0.05) is 44.2 Å². The fraction of sp³-hybridized carbons (Fsp3) is 0.550. The van der Waals surface area contributed by atoms with Crippen LogP contribution in [0.3, 0.4) is 0 Å². The first-order chi connectivity index (χ1) is 12.6. The summed E-state index contributed by atoms with van der Waals surface area (Å²) in [6.07, 6.45) is 3.77. The highest BCUT2D eigenvalue weighted by molar-refractivity contribution is 7.09. The van der Waals surface area contributed by atoms with Crippen LogP contribution in [0.2, 0.25) is 0 Å². The fourth-order valence-electron chi connectivity index (χ4n) is 3.22. The predicted octanol–water partition coefficient (Wildman–Crippen LogP) is 3.51. The summed E-state index contributed by atoms with van der Waals surface area (Å²) in [5.74, 6) is 1.71. The number of rotatable bonds is 7. The molecular formula is C20H28N4OS. The highest BCUT2D eigenvalue weighted by atomic mass is 32.1. The van der Waals surface area contributed by atoms with E-state index < -0.39 is 0 Å². The molecule has 2 heterocycles. The van der Waals surface area contributed by atoms with Gasteiger partial charge >= 0.3 is 0 Å². The molecule has 0 unspecified atom stereocenters. The summed E-state index contributed by atoms with van der Waals surface area (Å²) in [6.45, 7) is 6.82. The van der Waals surface area contributed by atoms with Crippen molar-refractivity contribution in [1.82, 2.24) is 14.7 Å². The van der Waals surface area contributed by atoms with Crippen LogP contribution in [0, 0.1) is 11.8 Å². The number of nitrogens with zero attached hydrogens (tertiary/aromatic N) is 3. The van der Waals surface area contributed by atoms with Crippen molar-refractivity contribution >= 4 is 22.6 Å². The molecule has 0 spiro atoms. The number of benzene rings is 1. The molecule has 3 rings (SSSR count). The van der Waals surface area contributed by atoms with Gasteiger partial charge in [-0.25, -0.2) is 4.98 Å². The summed E-state index contributed by atoms with van der Waals surface area (Å²) in [5, 5.41) is 4.04. The zero-order valence-electron chi connectivity index (χ0n) is 15.6. The molecular weight excluding hydrogens is 344 g/mol. The zero-order valence-corrected chi connectivity index (χ0v) is 16.5. The fourth-order valence-corrected chi connectivity index (χ4v) is 3.94. The third kappa shape index (κ3) is 5.27. The summed E-state index contributed by atoms with van der Waals surface area (Å²) in [4.78, 5) is 19.4. The van der Waals surface area contributed by atoms with Crippen molar-refractivity contribution in [2.45, 2.75) is 39.5 Å². The number of aromatic nitrogens is 2. The van der Waals surface area contributed by atoms with Gasteiger partial charge in [-0.2, -0.15) is 4.37 Å². The first-order valence-corrected chi connectivity index (χ1v) is 10.3. The van der Waals surface area contributed by atoms with Crippen LogP contribution < -0.4 is 10.2 Å². The number of amides is 1. The number of nitrogens with one attached hydrogen (secondary N) is 1. The minimum atomic E-state index is 0.0531. The van der Waals surface area contributed by atoms with Gasteiger partial charge in [0.2, 0.25) is 11.0 Å². The van der Waals surface area contributed by atoms with Gasteiger partial charge in [0, 0.05) is 37.6 Å². The van der Waals surface area contributed by atoms with Crippen molar-refractivity contribution in [2.24, 2.45) is 11.8 Å². The Morgan fingerprint density at radius 2 is 2.15 bits per heavy atom. The van der Waals surface area contributed by atoms with E-state index >= 15 is 0 Å². The average molecular weight is 373 g/mol. The highest BCUT2D eigenvalue weighted by Crippen LogP contribution is 2.25. The minimum absolute atomic E-state index is 0.0531. The maximum Gasteiger partial charge on any atom is 0.224 e. The largest absolute Gasteiger partial charge is 0.356 e. The summed E-state index contributed by atoms with van der Waals surface area (Å²) in [6, 6.07) is 10.3. The van der Waals surface area contributed by atoms with E-state index in [0.717, 1.165) is 56.3 Å². The Morgan fingerprint density at radius 3 is 2.92 bits per heavy atom. The second kappa shape index (κ2) is 9.12. The number of hydrogen-bond donors (Lipinski definition) is 1. The van der Waals surface area contributed by atoms with Crippen molar-refractivity contribution in [2.75, 3.05) is 24.5 Å². The molecule has 1 aliphatic heterocycles. The third-order valence-electron chi connectivity index (χ3n) is 4.75. The maximum absolute atomic E-state index is 12.4. The summed E-state index contributed by atoms with van der Waals surface area (Å²) < 4.78 is 4.51. The Kier molecular flexibility index (Phi) is 6.61. The van der Waals surface area contributed by atoms with E-state index in [2.05, 4.69) is 40.6 Å². The van der Waals surface area contributed by atoms with Gasteiger partial charge < -0.3 is 10.2 Å². The number of carbonyl (C=O) groups is 1. The van der Waals surface area contributed by atoms with E-state index in [0.29, 0.717) is 5.92 Å². The minimum Gasteiger partial charge on any atom is -0.356 e. The lowest BCUT2D eigenvalue weighted by Crippen LogP contribution is -2.43. The number of piperidine rings is 1. The number of carbonyl (C=O) groups excluding carboxylic acids is 1. The first-order valence-electron chi connectivity index (χ1n) is 9.51. The van der Waals surface area contributed by atoms with E-state index in [1.165, 1.54) is 17.1 Å². The van der Waals surface area contributed by atoms with Crippen molar-refractivity contribution in [3.8, 4) is 0 Å². The molecule has 2 aromatic rings. The lowest BCUT2D eigenvalue weighted by atomic mass is 9.97. The molecule has 1 fully saturated rings. The van der Waals surface area contributed by atoms with Crippen LogP contribution >= 0.6 is 11.5 Å². The zero-order chi connectivity index (χ0) is 18.4. The molecule has 0 bridgehead atoms. The molecule has 1 aliphatic rings. The second-order valence-corrected chi connectivity index (χ2v) is 8.14. The Morgan fingerprint density at radius 1 is 1.35 bits per heavy atom. The Hall–Kier alpha value is -1.95. The number of hydrogen-bond acceptors (Lipinski definition) is 5. The Balaban J connectivity index is 1.55. The normalized spacial score (nSPS) is 17.5. The van der Waals surface area contributed by atoms with Crippen molar-refractivity contribution in [3.63, 3.8) is 0 Å². The van der Waals surface area contributed by atoms with Gasteiger partial charge in [-0.15, -0.1) is 0 Å². The standard InChI is InChI=1S/C20H28N4OS/c1-15(2)10-11-21-19(25)17-9-6-12-24(14-17)20-22-18(23-26-20)13-16-7-4-3-5-8-16/h3-5,7-8,15,17H,6,9-14H2,1-2H3,(H,21,25)/t17-/m1/s1. The van der Waals surface area contributed by atoms with Gasteiger partial charge in [-0.05, 0) is 30.7 Å². The quantitative estimate of drug-likeness (QED) is 0.808. The smallest absolute Gasteiger partial charge is 0.224 e. The third-order valence-corrected chi connectivity index (χ3v) is 5.56. The molecule has 0 radical (unpaired) electrons. The topological polar surface area (TPSA) is 58.1 Å². The Labute approximate surface area is 160 Å². The van der Waals surface area contributed by atoms with E-state index in [1.54, 1.807) is 0 Å². The first kappa shape index (κ1) is 18.8. The van der Waals surface area contributed by atoms with Crippen molar-refractivity contribution in [1.29, 1.82) is 0 Å². The summed E-state index contributed by atoms with van der Waals surface area (Å²) in [5.41, 5.74) is 1.22. The molecule has 5 nitrogen and oxygen atoms in total. The van der Waals surface area contributed by atoms with Gasteiger partial charge in [-0.3, -0.25) is 4.79 Å². The van der Waals surface area contributed by atoms with Gasteiger partial charge in [0.1, 0.15) is 5.82 Å². The van der Waals surface area contributed by atoms with E-state index in [-0.39, 0.29) is 11.8 Å². The van der Waals surface area contributed by atoms with Crippen LogP contribution in [0.1, 0.15) is 44.5 Å². The average Bonchev–Trinajstić information content (AvgIpc) is 3.11. The van der Waals surface area contributed by atoms with Crippen LogP contribution in [0.25, 0.3) is 0 Å². The highest BCUT2D eigenvalue weighted by Gasteiger charge is 2.27. The molecule has 1 aromatic heterocycles. The lowest BCUT2D eigenvalue weighted by molar-refractivity contribution is -0.125. The van der Waals surface area contributed by atoms with Gasteiger partial charge in [0.05, 0.1) is 5.92 Å². The predicted molar refractivity (Wildman–Crippen MR) is 107 cm³/mol. The molecule has 1 amide bonds. The van der Waals surface area contributed by atoms with Crippen LogP contribution in [-0.2, 0) is 11.2 Å². The van der Waals surface area contributed by atoms with Crippen molar-refractivity contribution < 1.29 is 4.79 Å². The molecule has 1 aromatic carbocycles. The molecule has 26 heavy (non-hydrogen) atoms. The molecule has 1 atom stereocenters. The van der Waals surface area contributed by atoms with Crippen LogP contribution in [0.15, 0.2) is 30.3 Å². The maximum atomic E-state index is 12.4. The summed E-state index contributed by atoms with van der Waals surface area (Å²) in [7, 11) is 0. The number of anilines is 1. The van der Waals surface area contributed by atoms with Crippen LogP contribution in [-0.4, -0.2) is 34.9 Å². The van der Waals surface area contributed by atoms with Crippen LogP contribution in [0.5, 0.6) is 0 Å². The molecule has 1 saturated heterocycles. The molecule has 0 aliphatic carbocycles. The Bertz CT molecular complexity index is 701. The molecule has 0 saturated carbocycles. The van der Waals surface area contributed by atoms with E-state index in [1.807, 2.05) is 18.2 Å². The van der Waals surface area contributed by atoms with Crippen molar-refractivity contribution in [3.05, 3.63) is 41.7 Å². The lowest BCUT2D eigenvalue weighted by Gasteiger charge is -2.31. The van der Waals surface area contributed by atoms with Crippen LogP contribution in [0.4, 0.5) is 5.13 Å². The monoisotopic (exact) mass is 372 g/mol. The second-order valence-electron chi connectivity index (χ2n) is 7.41. The van der Waals surface area contributed by atoms with E-state index in [4.69, 9.17) is 4.98 Å². The molecule has 1 N–H and O–H groups in total. The van der Waals surface area contributed by atoms with Gasteiger partial charge in [0.15, 0.2) is 0 Å². The molecule has 6 heteroatoms. The van der Waals surface area contributed by atoms with Gasteiger partial charge in [0.25, 0.3) is 0 Å². The molecule has 140 valence electrons.